The van der Waals surface area contributed by atoms with Crippen molar-refractivity contribution in [3.8, 4) is 0 Å². The van der Waals surface area contributed by atoms with Crippen LogP contribution in [0.15, 0.2) is 0 Å². The summed E-state index contributed by atoms with van der Waals surface area (Å²) in [4.78, 5) is 9.59. The molecule has 0 amide bonds. The van der Waals surface area contributed by atoms with E-state index in [2.05, 4.69) is 16.3 Å². The predicted molar refractivity (Wildman–Crippen MR) is 22.1 cm³/mol. The summed E-state index contributed by atoms with van der Waals surface area (Å²) in [5.74, 6) is 0. The molecule has 0 radical (unpaired) electrons. The first-order chi connectivity index (χ1) is 3.27. The molecule has 7 heavy (non-hydrogen) atoms. The number of hydrogen-bond acceptors (Lipinski definition) is 4. The van der Waals surface area contributed by atoms with Crippen LogP contribution in [0.5, 0.6) is 0 Å². The van der Waals surface area contributed by atoms with Crippen molar-refractivity contribution in [3.63, 3.8) is 0 Å². The monoisotopic (exact) mass is 125 g/mol. The molecule has 0 saturated carbocycles. The lowest BCUT2D eigenvalue weighted by atomic mass is 11.3. The first-order valence-electron chi connectivity index (χ1n) is 1.46. The number of carbonyl (C=O) groups is 1. The average molecular weight is 126 g/mol. The number of rotatable bonds is 2. The summed E-state index contributed by atoms with van der Waals surface area (Å²) >= 11 is 4.64. The zero-order chi connectivity index (χ0) is 5.70. The molecule has 0 heterocycles. The Balaban J connectivity index is 2.82. The fourth-order valence-corrected chi connectivity index (χ4v) is 0.144. The van der Waals surface area contributed by atoms with Crippen molar-refractivity contribution < 1.29 is 14.7 Å². The minimum atomic E-state index is -0.943. The van der Waals surface area contributed by atoms with Gasteiger partial charge in [0, 0.05) is 11.6 Å². The van der Waals surface area contributed by atoms with Crippen LogP contribution in [0.4, 0.5) is 4.79 Å². The van der Waals surface area contributed by atoms with Gasteiger partial charge in [-0.3, -0.25) is 0 Å². The molecule has 5 heteroatoms. The molecule has 0 atom stereocenters. The molecule has 0 aromatic heterocycles. The molecule has 0 aliphatic heterocycles. The van der Waals surface area contributed by atoms with Gasteiger partial charge in [0.15, 0.2) is 6.73 Å². The summed E-state index contributed by atoms with van der Waals surface area (Å²) in [6, 6.07) is 0. The van der Waals surface area contributed by atoms with E-state index in [1.807, 2.05) is 0 Å². The smallest absolute Gasteiger partial charge is 0.405 e. The molecule has 0 bridgehead atoms. The van der Waals surface area contributed by atoms with Crippen molar-refractivity contribution in [3.05, 3.63) is 0 Å². The van der Waals surface area contributed by atoms with Crippen LogP contribution < -0.4 is 5.48 Å². The largest absolute Gasteiger partial charge is 0.436 e. The van der Waals surface area contributed by atoms with Crippen molar-refractivity contribution >= 4 is 17.0 Å². The first-order valence-corrected chi connectivity index (χ1v) is 1.84. The van der Waals surface area contributed by atoms with Gasteiger partial charge in [-0.25, -0.2) is 4.79 Å². The minimum Gasteiger partial charge on any atom is -0.436 e. The number of carbonyl (C=O) groups excluding carboxylic acids is 1. The van der Waals surface area contributed by atoms with Gasteiger partial charge < -0.3 is 9.94 Å². The molecule has 0 aliphatic carbocycles. The van der Waals surface area contributed by atoms with Crippen molar-refractivity contribution in [2.24, 2.45) is 0 Å². The number of halogens is 1. The fourth-order valence-electron chi connectivity index (χ4n) is 0.0890. The van der Waals surface area contributed by atoms with Crippen LogP contribution in [0, 0.1) is 0 Å². The summed E-state index contributed by atoms with van der Waals surface area (Å²) in [7, 11) is 0. The summed E-state index contributed by atoms with van der Waals surface area (Å²) in [6.07, 6.45) is 0. The molecule has 4 nitrogen and oxygen atoms in total. The molecule has 2 N–H and O–H groups in total. The van der Waals surface area contributed by atoms with Gasteiger partial charge in [0.25, 0.3) is 0 Å². The highest BCUT2D eigenvalue weighted by atomic mass is 35.5. The van der Waals surface area contributed by atoms with Gasteiger partial charge in [-0.1, -0.05) is 0 Å². The highest BCUT2D eigenvalue weighted by molar-refractivity contribution is 6.61. The van der Waals surface area contributed by atoms with Gasteiger partial charge in [0.2, 0.25) is 0 Å². The zero-order valence-corrected chi connectivity index (χ0v) is 4.10. The third kappa shape index (κ3) is 5.68. The lowest BCUT2D eigenvalue weighted by Gasteiger charge is -1.92. The molecule has 0 aliphatic rings. The third-order valence-corrected chi connectivity index (χ3v) is 0.359. The molecule has 0 saturated heterocycles. The van der Waals surface area contributed by atoms with Gasteiger partial charge in [0.05, 0.1) is 0 Å². The maximum absolute atomic E-state index is 9.59. The van der Waals surface area contributed by atoms with Crippen LogP contribution in [-0.2, 0) is 4.74 Å². The second kappa shape index (κ2) is 3.86. The van der Waals surface area contributed by atoms with Crippen molar-refractivity contribution in [1.29, 1.82) is 0 Å². The van der Waals surface area contributed by atoms with Gasteiger partial charge in [-0.15, -0.1) is 0 Å². The van der Waals surface area contributed by atoms with Crippen molar-refractivity contribution in [2.45, 2.75) is 0 Å². The van der Waals surface area contributed by atoms with Crippen LogP contribution in [0.3, 0.4) is 0 Å². The second-order valence-corrected chi connectivity index (χ2v) is 0.993. The lowest BCUT2D eigenvalue weighted by molar-refractivity contribution is 0.0671. The molecule has 0 unspecified atom stereocenters. The van der Waals surface area contributed by atoms with E-state index in [4.69, 9.17) is 5.21 Å². The van der Waals surface area contributed by atoms with E-state index in [0.29, 0.717) is 0 Å². The minimum absolute atomic E-state index is 0.275. The van der Waals surface area contributed by atoms with E-state index >= 15 is 0 Å². The van der Waals surface area contributed by atoms with Crippen LogP contribution in [0.25, 0.3) is 0 Å². The molecule has 42 valence electrons. The van der Waals surface area contributed by atoms with Gasteiger partial charge in [-0.2, -0.15) is 5.48 Å². The maximum Gasteiger partial charge on any atom is 0.405 e. The van der Waals surface area contributed by atoms with Crippen molar-refractivity contribution in [1.82, 2.24) is 5.48 Å². The third-order valence-electron chi connectivity index (χ3n) is 0.250. The first kappa shape index (κ1) is 6.68. The number of nitrogens with one attached hydrogen (secondary N) is 1. The summed E-state index contributed by atoms with van der Waals surface area (Å²) in [5.41, 5.74) is 0.629. The quantitative estimate of drug-likeness (QED) is 0.317. The van der Waals surface area contributed by atoms with Crippen molar-refractivity contribution in [2.75, 3.05) is 6.73 Å². The number of hydrogen-bond donors (Lipinski definition) is 2. The van der Waals surface area contributed by atoms with E-state index < -0.39 is 5.43 Å². The topological polar surface area (TPSA) is 58.6 Å². The molecular formula is C2H4ClNO3. The average Bonchev–Trinajstić information content (AvgIpc) is 1.61. The maximum atomic E-state index is 9.59. The molecule has 0 fully saturated rings. The zero-order valence-electron chi connectivity index (χ0n) is 3.35. The highest BCUT2D eigenvalue weighted by Crippen LogP contribution is 1.81. The van der Waals surface area contributed by atoms with Crippen LogP contribution in [0.2, 0.25) is 0 Å². The summed E-state index contributed by atoms with van der Waals surface area (Å²) < 4.78 is 3.96. The Kier molecular flexibility index (Phi) is 3.68. The van der Waals surface area contributed by atoms with Crippen LogP contribution in [0.1, 0.15) is 0 Å². The molecule has 0 spiro atoms. The van der Waals surface area contributed by atoms with E-state index in [-0.39, 0.29) is 6.73 Å². The van der Waals surface area contributed by atoms with E-state index in [1.54, 1.807) is 5.48 Å². The van der Waals surface area contributed by atoms with E-state index in [0.717, 1.165) is 0 Å². The second-order valence-electron chi connectivity index (χ2n) is 0.684. The molecule has 0 aromatic carbocycles. The fraction of sp³-hybridized carbons (Fsp3) is 0.500. The highest BCUT2D eigenvalue weighted by Gasteiger charge is 1.89. The SMILES string of the molecule is O=C(Cl)OCNO. The standard InChI is InChI=1S/C2H4ClNO3/c3-2(5)7-1-4-6/h4,6H,1H2. The molecular weight excluding hydrogens is 121 g/mol. The normalized spacial score (nSPS) is 8.29. The Morgan fingerprint density at radius 3 is 2.71 bits per heavy atom. The Morgan fingerprint density at radius 2 is 2.57 bits per heavy atom. The Bertz CT molecular complexity index is 66.0. The number of hydroxylamine groups is 1. The Labute approximate surface area is 45.0 Å². The van der Waals surface area contributed by atoms with Crippen LogP contribution in [-0.4, -0.2) is 17.4 Å². The molecule has 0 rings (SSSR count). The van der Waals surface area contributed by atoms with Gasteiger partial charge >= 0.3 is 5.43 Å². The predicted octanol–water partition coefficient (Wildman–Crippen LogP) is 0.298. The Morgan fingerprint density at radius 1 is 2.00 bits per heavy atom. The van der Waals surface area contributed by atoms with E-state index in [9.17, 15) is 4.79 Å². The van der Waals surface area contributed by atoms with E-state index in [1.165, 1.54) is 0 Å². The lowest BCUT2D eigenvalue weighted by Crippen LogP contribution is -2.13. The van der Waals surface area contributed by atoms with Gasteiger partial charge in [0.1, 0.15) is 0 Å². The summed E-state index contributed by atoms with van der Waals surface area (Å²) in [6.45, 7) is -0.275. The number of ether oxygens (including phenoxy) is 1. The molecule has 0 aromatic rings. The van der Waals surface area contributed by atoms with Crippen LogP contribution >= 0.6 is 11.6 Å². The Hall–Kier alpha value is -0.320. The van der Waals surface area contributed by atoms with Gasteiger partial charge in [-0.05, 0) is 0 Å². The summed E-state index contributed by atoms with van der Waals surface area (Å²) in [5, 5.41) is 7.73.